The summed E-state index contributed by atoms with van der Waals surface area (Å²) in [4.78, 5) is 0. The SMILES string of the molecule is CO[C@@H]1C[C@H](OCc2ccccc2)[C@@H]([C@H](COCc2ccccc2)OCc2ccccc2)O1. The van der Waals surface area contributed by atoms with Gasteiger partial charge in [0.15, 0.2) is 6.29 Å². The maximum atomic E-state index is 6.34. The first-order valence-electron chi connectivity index (χ1n) is 11.4. The zero-order valence-electron chi connectivity index (χ0n) is 19.0. The highest BCUT2D eigenvalue weighted by molar-refractivity contribution is 5.15. The zero-order chi connectivity index (χ0) is 22.7. The summed E-state index contributed by atoms with van der Waals surface area (Å²) in [6, 6.07) is 30.4. The van der Waals surface area contributed by atoms with Crippen molar-refractivity contribution in [3.8, 4) is 0 Å². The van der Waals surface area contributed by atoms with Crippen LogP contribution in [0.25, 0.3) is 0 Å². The van der Waals surface area contributed by atoms with Crippen molar-refractivity contribution in [3.05, 3.63) is 108 Å². The molecule has 5 heteroatoms. The molecule has 0 amide bonds. The first-order chi connectivity index (χ1) is 16.3. The van der Waals surface area contributed by atoms with Crippen molar-refractivity contribution >= 4 is 0 Å². The van der Waals surface area contributed by atoms with E-state index in [9.17, 15) is 0 Å². The molecule has 0 N–H and O–H groups in total. The number of benzene rings is 3. The third-order valence-corrected chi connectivity index (χ3v) is 5.74. The molecule has 0 spiro atoms. The third kappa shape index (κ3) is 7.22. The lowest BCUT2D eigenvalue weighted by atomic mass is 10.1. The second-order valence-corrected chi connectivity index (χ2v) is 8.17. The van der Waals surface area contributed by atoms with Gasteiger partial charge in [-0.25, -0.2) is 0 Å². The summed E-state index contributed by atoms with van der Waals surface area (Å²) >= 11 is 0. The van der Waals surface area contributed by atoms with E-state index in [1.54, 1.807) is 7.11 Å². The Labute approximate surface area is 196 Å². The molecule has 4 rings (SSSR count). The molecule has 1 fully saturated rings. The first-order valence-corrected chi connectivity index (χ1v) is 11.4. The number of rotatable bonds is 12. The zero-order valence-corrected chi connectivity index (χ0v) is 19.0. The topological polar surface area (TPSA) is 46.2 Å². The Morgan fingerprint density at radius 2 is 1.30 bits per heavy atom. The van der Waals surface area contributed by atoms with E-state index in [-0.39, 0.29) is 24.6 Å². The van der Waals surface area contributed by atoms with Crippen molar-refractivity contribution in [3.63, 3.8) is 0 Å². The fraction of sp³-hybridized carbons (Fsp3) is 0.357. The second kappa shape index (κ2) is 12.6. The van der Waals surface area contributed by atoms with Gasteiger partial charge in [-0.15, -0.1) is 0 Å². The smallest absolute Gasteiger partial charge is 0.160 e. The van der Waals surface area contributed by atoms with Crippen molar-refractivity contribution < 1.29 is 23.7 Å². The number of hydrogen-bond acceptors (Lipinski definition) is 5. The molecule has 0 aliphatic carbocycles. The van der Waals surface area contributed by atoms with Crippen LogP contribution in [0.4, 0.5) is 0 Å². The van der Waals surface area contributed by atoms with Gasteiger partial charge < -0.3 is 23.7 Å². The van der Waals surface area contributed by atoms with E-state index in [2.05, 4.69) is 36.4 Å². The normalized spacial score (nSPS) is 21.2. The van der Waals surface area contributed by atoms with E-state index in [0.717, 1.165) is 16.7 Å². The van der Waals surface area contributed by atoms with Crippen molar-refractivity contribution in [2.24, 2.45) is 0 Å². The molecule has 1 saturated heterocycles. The highest BCUT2D eigenvalue weighted by Gasteiger charge is 2.42. The molecule has 1 heterocycles. The molecule has 0 aromatic heterocycles. The molecular formula is C28H32O5. The van der Waals surface area contributed by atoms with Crippen LogP contribution in [0.2, 0.25) is 0 Å². The van der Waals surface area contributed by atoms with Gasteiger partial charge in [0.1, 0.15) is 12.2 Å². The monoisotopic (exact) mass is 448 g/mol. The maximum absolute atomic E-state index is 6.34. The van der Waals surface area contributed by atoms with E-state index >= 15 is 0 Å². The van der Waals surface area contributed by atoms with Gasteiger partial charge >= 0.3 is 0 Å². The van der Waals surface area contributed by atoms with Crippen LogP contribution in [-0.2, 0) is 43.5 Å². The Balaban J connectivity index is 1.42. The molecule has 0 saturated carbocycles. The van der Waals surface area contributed by atoms with Gasteiger partial charge in [0.2, 0.25) is 0 Å². The minimum absolute atomic E-state index is 0.156. The van der Waals surface area contributed by atoms with Crippen LogP contribution in [0.5, 0.6) is 0 Å². The molecule has 0 bridgehead atoms. The van der Waals surface area contributed by atoms with Gasteiger partial charge in [0.25, 0.3) is 0 Å². The molecule has 1 aliphatic rings. The Hall–Kier alpha value is -2.54. The van der Waals surface area contributed by atoms with Crippen LogP contribution < -0.4 is 0 Å². The number of hydrogen-bond donors (Lipinski definition) is 0. The van der Waals surface area contributed by atoms with Crippen molar-refractivity contribution in [1.82, 2.24) is 0 Å². The summed E-state index contributed by atoms with van der Waals surface area (Å²) in [5.74, 6) is 0. The van der Waals surface area contributed by atoms with E-state index in [4.69, 9.17) is 23.7 Å². The molecule has 0 unspecified atom stereocenters. The number of ether oxygens (including phenoxy) is 5. The highest BCUT2D eigenvalue weighted by Crippen LogP contribution is 2.29. The summed E-state index contributed by atoms with van der Waals surface area (Å²) < 4.78 is 30.4. The average Bonchev–Trinajstić information content (AvgIpc) is 3.30. The van der Waals surface area contributed by atoms with Crippen LogP contribution >= 0.6 is 0 Å². The van der Waals surface area contributed by atoms with Crippen molar-refractivity contribution in [1.29, 1.82) is 0 Å². The quantitative estimate of drug-likeness (QED) is 0.384. The lowest BCUT2D eigenvalue weighted by molar-refractivity contribution is -0.174. The number of methoxy groups -OCH3 is 1. The Morgan fingerprint density at radius 3 is 1.88 bits per heavy atom. The lowest BCUT2D eigenvalue weighted by Gasteiger charge is -2.28. The van der Waals surface area contributed by atoms with E-state index in [0.29, 0.717) is 32.8 Å². The molecular weight excluding hydrogens is 416 g/mol. The highest BCUT2D eigenvalue weighted by atomic mass is 16.7. The Bertz CT molecular complexity index is 919. The van der Waals surface area contributed by atoms with Gasteiger partial charge in [-0.3, -0.25) is 0 Å². The minimum Gasteiger partial charge on any atom is -0.374 e. The molecule has 0 radical (unpaired) electrons. The van der Waals surface area contributed by atoms with Crippen LogP contribution in [0.1, 0.15) is 23.1 Å². The lowest BCUT2D eigenvalue weighted by Crippen LogP contribution is -2.41. The minimum atomic E-state index is -0.326. The summed E-state index contributed by atoms with van der Waals surface area (Å²) in [6.07, 6.45) is -0.422. The predicted octanol–water partition coefficient (Wildman–Crippen LogP) is 5.14. The van der Waals surface area contributed by atoms with Gasteiger partial charge in [-0.1, -0.05) is 91.0 Å². The van der Waals surface area contributed by atoms with E-state index in [1.165, 1.54) is 0 Å². The molecule has 4 atom stereocenters. The Kier molecular flexibility index (Phi) is 9.04. The van der Waals surface area contributed by atoms with Gasteiger partial charge in [0.05, 0.1) is 32.5 Å². The standard InChI is InChI=1S/C28H32O5/c1-29-27-17-25(31-19-23-13-7-3-8-14-23)28(33-27)26(32-20-24-15-9-4-10-16-24)21-30-18-22-11-5-2-6-12-22/h2-16,25-28H,17-21H2,1H3/t25-,26-,27-,28-/m0/s1. The summed E-state index contributed by atoms with van der Waals surface area (Å²) in [5.41, 5.74) is 3.35. The van der Waals surface area contributed by atoms with Crippen molar-refractivity contribution in [2.75, 3.05) is 13.7 Å². The summed E-state index contributed by atoms with van der Waals surface area (Å²) in [5, 5.41) is 0. The second-order valence-electron chi connectivity index (χ2n) is 8.17. The van der Waals surface area contributed by atoms with Crippen LogP contribution in [-0.4, -0.2) is 38.3 Å². The fourth-order valence-corrected chi connectivity index (χ4v) is 3.94. The molecule has 3 aromatic rings. The molecule has 1 aliphatic heterocycles. The third-order valence-electron chi connectivity index (χ3n) is 5.74. The van der Waals surface area contributed by atoms with Crippen LogP contribution in [0.3, 0.4) is 0 Å². The van der Waals surface area contributed by atoms with Gasteiger partial charge in [-0.05, 0) is 16.7 Å². The maximum Gasteiger partial charge on any atom is 0.160 e. The molecule has 174 valence electrons. The summed E-state index contributed by atoms with van der Waals surface area (Å²) in [7, 11) is 1.66. The molecule has 3 aromatic carbocycles. The van der Waals surface area contributed by atoms with Gasteiger partial charge in [0, 0.05) is 13.5 Å². The predicted molar refractivity (Wildman–Crippen MR) is 126 cm³/mol. The first kappa shape index (κ1) is 23.6. The molecule has 33 heavy (non-hydrogen) atoms. The van der Waals surface area contributed by atoms with E-state index < -0.39 is 0 Å². The van der Waals surface area contributed by atoms with Crippen LogP contribution in [0.15, 0.2) is 91.0 Å². The Morgan fingerprint density at radius 1 is 0.758 bits per heavy atom. The molecule has 5 nitrogen and oxygen atoms in total. The van der Waals surface area contributed by atoms with Gasteiger partial charge in [-0.2, -0.15) is 0 Å². The van der Waals surface area contributed by atoms with E-state index in [1.807, 2.05) is 54.6 Å². The average molecular weight is 449 g/mol. The van der Waals surface area contributed by atoms with Crippen molar-refractivity contribution in [2.45, 2.75) is 50.8 Å². The summed E-state index contributed by atoms with van der Waals surface area (Å²) in [6.45, 7) is 1.90. The fourth-order valence-electron chi connectivity index (χ4n) is 3.94. The van der Waals surface area contributed by atoms with Crippen LogP contribution in [0, 0.1) is 0 Å². The largest absolute Gasteiger partial charge is 0.374 e.